The molecule has 2 N–H and O–H groups in total. The Labute approximate surface area is 151 Å². The largest absolute Gasteiger partial charge is 0.497 e. The Bertz CT molecular complexity index is 948. The van der Waals surface area contributed by atoms with Gasteiger partial charge < -0.3 is 14.8 Å². The van der Waals surface area contributed by atoms with Gasteiger partial charge in [-0.25, -0.2) is 9.78 Å². The highest BCUT2D eigenvalue weighted by Crippen LogP contribution is 2.26. The summed E-state index contributed by atoms with van der Waals surface area (Å²) < 4.78 is 5.13. The number of ether oxygens (including phenoxy) is 1. The van der Waals surface area contributed by atoms with E-state index in [9.17, 15) is 9.59 Å². The monoisotopic (exact) mass is 374 g/mol. The number of aromatic amines is 1. The summed E-state index contributed by atoms with van der Waals surface area (Å²) in [5.41, 5.74) is 1.16. The van der Waals surface area contributed by atoms with Crippen LogP contribution in [0.4, 0.5) is 0 Å². The molecule has 0 spiro atoms. The summed E-state index contributed by atoms with van der Waals surface area (Å²) in [6.45, 7) is 0. The second-order valence-electron chi connectivity index (χ2n) is 5.02. The van der Waals surface area contributed by atoms with Crippen LogP contribution in [-0.4, -0.2) is 28.2 Å². The fourth-order valence-electron chi connectivity index (χ4n) is 2.12. The number of aromatic carboxylic acids is 1. The smallest absolute Gasteiger partial charge is 0.345 e. The summed E-state index contributed by atoms with van der Waals surface area (Å²) in [7, 11) is 1.59. The summed E-state index contributed by atoms with van der Waals surface area (Å²) in [6, 6.07) is 12.1. The van der Waals surface area contributed by atoms with Crippen molar-refractivity contribution in [3.63, 3.8) is 0 Å². The molecule has 0 unspecified atom stereocenters. The third kappa shape index (κ3) is 4.28. The van der Waals surface area contributed by atoms with Crippen LogP contribution in [0, 0.1) is 0 Å². The van der Waals surface area contributed by atoms with Crippen LogP contribution < -0.4 is 10.3 Å². The molecule has 1 aromatic carbocycles. The van der Waals surface area contributed by atoms with Gasteiger partial charge in [0.1, 0.15) is 10.6 Å². The molecule has 8 heteroatoms. The van der Waals surface area contributed by atoms with Crippen LogP contribution in [0.3, 0.4) is 0 Å². The maximum atomic E-state index is 11.9. The number of carboxylic acid groups (broad SMARTS) is 1. The number of aromatic nitrogens is 2. The maximum absolute atomic E-state index is 11.9. The molecule has 128 valence electrons. The van der Waals surface area contributed by atoms with E-state index >= 15 is 0 Å². The minimum Gasteiger partial charge on any atom is -0.497 e. The molecular formula is C17H14N2O4S2. The number of nitrogens with zero attached hydrogens (tertiary/aromatic N) is 1. The highest BCUT2D eigenvalue weighted by atomic mass is 32.2. The molecule has 0 aliphatic heterocycles. The summed E-state index contributed by atoms with van der Waals surface area (Å²) in [5, 5.41) is 9.44. The first-order valence-corrected chi connectivity index (χ1v) is 9.06. The van der Waals surface area contributed by atoms with Crippen molar-refractivity contribution < 1.29 is 14.6 Å². The van der Waals surface area contributed by atoms with Crippen LogP contribution in [-0.2, 0) is 5.75 Å². The normalized spacial score (nSPS) is 10.6. The van der Waals surface area contributed by atoms with Crippen molar-refractivity contribution in [3.05, 3.63) is 62.6 Å². The second-order valence-corrected chi connectivity index (χ2v) is 7.16. The van der Waals surface area contributed by atoms with Gasteiger partial charge in [-0.2, -0.15) is 0 Å². The number of thiophene rings is 1. The summed E-state index contributed by atoms with van der Waals surface area (Å²) in [5.74, 6) is 0.330. The fourth-order valence-corrected chi connectivity index (χ4v) is 3.89. The lowest BCUT2D eigenvalue weighted by Gasteiger charge is -2.05. The van der Waals surface area contributed by atoms with E-state index in [0.717, 1.165) is 16.2 Å². The van der Waals surface area contributed by atoms with E-state index in [1.165, 1.54) is 29.2 Å². The lowest BCUT2D eigenvalue weighted by atomic mass is 10.1. The number of rotatable bonds is 6. The molecule has 3 rings (SSSR count). The SMILES string of the molecule is COc1ccc(-c2cc(=O)[nH]c(SCc3ccc(C(=O)O)s3)n2)cc1. The fraction of sp³-hybridized carbons (Fsp3) is 0.118. The van der Waals surface area contributed by atoms with Crippen LogP contribution in [0.2, 0.25) is 0 Å². The Morgan fingerprint density at radius 2 is 2.04 bits per heavy atom. The minimum atomic E-state index is -0.936. The zero-order valence-corrected chi connectivity index (χ0v) is 14.8. The van der Waals surface area contributed by atoms with Gasteiger partial charge in [-0.15, -0.1) is 11.3 Å². The van der Waals surface area contributed by atoms with Crippen LogP contribution in [0.15, 0.2) is 52.4 Å². The van der Waals surface area contributed by atoms with Crippen molar-refractivity contribution >= 4 is 29.1 Å². The average molecular weight is 374 g/mol. The number of thioether (sulfide) groups is 1. The number of carbonyl (C=O) groups is 1. The summed E-state index contributed by atoms with van der Waals surface area (Å²) in [6.07, 6.45) is 0. The highest BCUT2D eigenvalue weighted by molar-refractivity contribution is 7.98. The van der Waals surface area contributed by atoms with Gasteiger partial charge in [-0.05, 0) is 36.4 Å². The molecule has 0 atom stereocenters. The van der Waals surface area contributed by atoms with Crippen LogP contribution in [0.25, 0.3) is 11.3 Å². The van der Waals surface area contributed by atoms with Gasteiger partial charge in [0.15, 0.2) is 5.16 Å². The molecule has 0 aliphatic rings. The molecule has 0 bridgehead atoms. The van der Waals surface area contributed by atoms with Crippen LogP contribution >= 0.6 is 23.1 Å². The third-order valence-corrected chi connectivity index (χ3v) is 5.51. The van der Waals surface area contributed by atoms with Crippen molar-refractivity contribution in [2.24, 2.45) is 0 Å². The number of H-pyrrole nitrogens is 1. The number of nitrogens with one attached hydrogen (secondary N) is 1. The molecule has 0 saturated heterocycles. The predicted octanol–water partition coefficient (Wildman–Crippen LogP) is 3.50. The zero-order valence-electron chi connectivity index (χ0n) is 13.2. The van der Waals surface area contributed by atoms with Gasteiger partial charge in [0, 0.05) is 22.3 Å². The van der Waals surface area contributed by atoms with E-state index in [1.54, 1.807) is 19.2 Å². The number of hydrogen-bond donors (Lipinski definition) is 2. The van der Waals surface area contributed by atoms with Gasteiger partial charge in [0.25, 0.3) is 5.56 Å². The quantitative estimate of drug-likeness (QED) is 0.507. The highest BCUT2D eigenvalue weighted by Gasteiger charge is 2.09. The Morgan fingerprint density at radius 1 is 1.28 bits per heavy atom. The van der Waals surface area contributed by atoms with Crippen molar-refractivity contribution in [2.75, 3.05) is 7.11 Å². The van der Waals surface area contributed by atoms with Crippen LogP contribution in [0.5, 0.6) is 5.75 Å². The van der Waals surface area contributed by atoms with Gasteiger partial charge >= 0.3 is 5.97 Å². The Kier molecular flexibility index (Phi) is 5.20. The van der Waals surface area contributed by atoms with Crippen molar-refractivity contribution in [1.29, 1.82) is 0 Å². The van der Waals surface area contributed by atoms with E-state index in [1.807, 2.05) is 24.3 Å². The molecule has 0 fully saturated rings. The first-order valence-electron chi connectivity index (χ1n) is 7.26. The number of hydrogen-bond acceptors (Lipinski definition) is 6. The van der Waals surface area contributed by atoms with Gasteiger partial charge in [0.2, 0.25) is 0 Å². The molecule has 2 heterocycles. The molecule has 3 aromatic rings. The topological polar surface area (TPSA) is 92.3 Å². The molecule has 0 saturated carbocycles. The lowest BCUT2D eigenvalue weighted by Crippen LogP contribution is -2.08. The minimum absolute atomic E-state index is 0.235. The van der Waals surface area contributed by atoms with Crippen LogP contribution in [0.1, 0.15) is 14.5 Å². The van der Waals surface area contributed by atoms with E-state index in [2.05, 4.69) is 9.97 Å². The van der Waals surface area contributed by atoms with Crippen molar-refractivity contribution in [3.8, 4) is 17.0 Å². The number of carboxylic acids is 1. The zero-order chi connectivity index (χ0) is 17.8. The first-order chi connectivity index (χ1) is 12.0. The number of benzene rings is 1. The Morgan fingerprint density at radius 3 is 2.68 bits per heavy atom. The second kappa shape index (κ2) is 7.54. The molecule has 6 nitrogen and oxygen atoms in total. The van der Waals surface area contributed by atoms with Crippen molar-refractivity contribution in [1.82, 2.24) is 9.97 Å². The maximum Gasteiger partial charge on any atom is 0.345 e. The molecule has 2 aromatic heterocycles. The first kappa shape index (κ1) is 17.2. The van der Waals surface area contributed by atoms with Gasteiger partial charge in [-0.3, -0.25) is 4.79 Å². The van der Waals surface area contributed by atoms with Gasteiger partial charge in [-0.1, -0.05) is 11.8 Å². The van der Waals surface area contributed by atoms with E-state index in [4.69, 9.17) is 9.84 Å². The van der Waals surface area contributed by atoms with E-state index in [-0.39, 0.29) is 5.56 Å². The molecule has 25 heavy (non-hydrogen) atoms. The molecule has 0 radical (unpaired) electrons. The van der Waals surface area contributed by atoms with E-state index in [0.29, 0.717) is 21.5 Å². The summed E-state index contributed by atoms with van der Waals surface area (Å²) in [4.78, 5) is 31.2. The predicted molar refractivity (Wildman–Crippen MR) is 97.7 cm³/mol. The van der Waals surface area contributed by atoms with E-state index < -0.39 is 5.97 Å². The van der Waals surface area contributed by atoms with Gasteiger partial charge in [0.05, 0.1) is 12.8 Å². The molecule has 0 amide bonds. The molecular weight excluding hydrogens is 360 g/mol. The summed E-state index contributed by atoms with van der Waals surface area (Å²) >= 11 is 2.57. The third-order valence-electron chi connectivity index (χ3n) is 3.33. The Hall–Kier alpha value is -2.58. The van der Waals surface area contributed by atoms with Crippen molar-refractivity contribution in [2.45, 2.75) is 10.9 Å². The Balaban J connectivity index is 1.78. The average Bonchev–Trinajstić information content (AvgIpc) is 3.09. The lowest BCUT2D eigenvalue weighted by molar-refractivity contribution is 0.0702. The molecule has 0 aliphatic carbocycles. The standard InChI is InChI=1S/C17H14N2O4S2/c1-23-11-4-2-10(3-5-11)13-8-15(20)19-17(18-13)24-9-12-6-7-14(25-12)16(21)22/h2-8H,9H2,1H3,(H,21,22)(H,18,19,20). The number of methoxy groups -OCH3 is 1.